The Kier molecular flexibility index (Phi) is 6.17. The summed E-state index contributed by atoms with van der Waals surface area (Å²) in [5.74, 6) is 0.659. The maximum absolute atomic E-state index is 12.5. The van der Waals surface area contributed by atoms with Gasteiger partial charge in [-0.1, -0.05) is 27.7 Å². The SMILES string of the molecule is Cc1nn(CC(C)C)c(C)c1CC(=O)N(C)CC(C)(C)CN. The molecule has 0 atom stereocenters. The van der Waals surface area contributed by atoms with Crippen LogP contribution >= 0.6 is 0 Å². The third kappa shape index (κ3) is 4.83. The van der Waals surface area contributed by atoms with Gasteiger partial charge in [-0.05, 0) is 31.7 Å². The average molecular weight is 308 g/mol. The van der Waals surface area contributed by atoms with E-state index in [1.54, 1.807) is 4.90 Å². The fraction of sp³-hybridized carbons (Fsp3) is 0.765. The molecule has 1 aromatic rings. The Bertz CT molecular complexity index is 517. The summed E-state index contributed by atoms with van der Waals surface area (Å²) >= 11 is 0. The number of nitrogens with zero attached hydrogens (tertiary/aromatic N) is 3. The Morgan fingerprint density at radius 1 is 1.36 bits per heavy atom. The number of rotatable bonds is 7. The number of aryl methyl sites for hydroxylation is 1. The summed E-state index contributed by atoms with van der Waals surface area (Å²) in [5.41, 5.74) is 8.81. The number of amides is 1. The summed E-state index contributed by atoms with van der Waals surface area (Å²) in [6.07, 6.45) is 0.410. The van der Waals surface area contributed by atoms with Crippen LogP contribution in [0.2, 0.25) is 0 Å². The molecule has 0 bridgehead atoms. The number of carbonyl (C=O) groups excluding carboxylic acids is 1. The maximum Gasteiger partial charge on any atom is 0.226 e. The van der Waals surface area contributed by atoms with Gasteiger partial charge in [-0.15, -0.1) is 0 Å². The Hall–Kier alpha value is -1.36. The third-order valence-electron chi connectivity index (χ3n) is 4.04. The van der Waals surface area contributed by atoms with Crippen LogP contribution in [0.1, 0.15) is 44.6 Å². The minimum atomic E-state index is -0.0592. The van der Waals surface area contributed by atoms with E-state index in [2.05, 4.69) is 39.7 Å². The zero-order chi connectivity index (χ0) is 17.1. The van der Waals surface area contributed by atoms with Crippen LogP contribution in [0.5, 0.6) is 0 Å². The molecule has 0 fully saturated rings. The van der Waals surface area contributed by atoms with Gasteiger partial charge < -0.3 is 10.6 Å². The number of hydrogen-bond acceptors (Lipinski definition) is 3. The van der Waals surface area contributed by atoms with E-state index >= 15 is 0 Å². The van der Waals surface area contributed by atoms with Crippen LogP contribution in [0.15, 0.2) is 0 Å². The van der Waals surface area contributed by atoms with Gasteiger partial charge in [0, 0.05) is 31.4 Å². The van der Waals surface area contributed by atoms with Crippen molar-refractivity contribution in [2.45, 2.75) is 54.5 Å². The molecule has 0 radical (unpaired) electrons. The summed E-state index contributed by atoms with van der Waals surface area (Å²) in [6.45, 7) is 14.6. The van der Waals surface area contributed by atoms with Crippen molar-refractivity contribution in [1.29, 1.82) is 0 Å². The molecule has 0 spiro atoms. The molecule has 1 amide bonds. The number of nitrogens with two attached hydrogens (primary N) is 1. The highest BCUT2D eigenvalue weighted by atomic mass is 16.2. The fourth-order valence-corrected chi connectivity index (χ4v) is 2.59. The van der Waals surface area contributed by atoms with Crippen molar-refractivity contribution in [2.24, 2.45) is 17.1 Å². The standard InChI is InChI=1S/C17H32N4O/c1-12(2)9-21-14(4)15(13(3)19-21)8-16(22)20(7)11-17(5,6)10-18/h12H,8-11,18H2,1-7H3. The van der Waals surface area contributed by atoms with Crippen molar-refractivity contribution >= 4 is 5.91 Å². The Labute approximate surface area is 134 Å². The summed E-state index contributed by atoms with van der Waals surface area (Å²) in [6, 6.07) is 0. The van der Waals surface area contributed by atoms with E-state index in [9.17, 15) is 4.79 Å². The smallest absolute Gasteiger partial charge is 0.226 e. The first-order valence-electron chi connectivity index (χ1n) is 8.04. The van der Waals surface area contributed by atoms with E-state index in [1.807, 2.05) is 18.7 Å². The first kappa shape index (κ1) is 18.7. The van der Waals surface area contributed by atoms with Gasteiger partial charge in [0.05, 0.1) is 12.1 Å². The molecular weight excluding hydrogens is 276 g/mol. The molecular formula is C17H32N4O. The third-order valence-corrected chi connectivity index (χ3v) is 4.04. The molecule has 0 unspecified atom stereocenters. The lowest BCUT2D eigenvalue weighted by Gasteiger charge is -2.29. The van der Waals surface area contributed by atoms with Gasteiger partial charge in [0.25, 0.3) is 0 Å². The molecule has 0 aliphatic heterocycles. The van der Waals surface area contributed by atoms with Gasteiger partial charge in [-0.3, -0.25) is 9.48 Å². The molecule has 5 heteroatoms. The minimum Gasteiger partial charge on any atom is -0.345 e. The van der Waals surface area contributed by atoms with Crippen LogP contribution in [0.4, 0.5) is 0 Å². The van der Waals surface area contributed by atoms with Gasteiger partial charge in [0.2, 0.25) is 5.91 Å². The van der Waals surface area contributed by atoms with Crippen molar-refractivity contribution in [3.8, 4) is 0 Å². The summed E-state index contributed by atoms with van der Waals surface area (Å²) in [5, 5.41) is 4.58. The van der Waals surface area contributed by atoms with Crippen LogP contribution in [-0.2, 0) is 17.8 Å². The second kappa shape index (κ2) is 7.27. The van der Waals surface area contributed by atoms with E-state index < -0.39 is 0 Å². The molecule has 1 rings (SSSR count). The van der Waals surface area contributed by atoms with Crippen molar-refractivity contribution in [3.05, 3.63) is 17.0 Å². The van der Waals surface area contributed by atoms with Gasteiger partial charge in [0.1, 0.15) is 0 Å². The molecule has 126 valence electrons. The second-order valence-corrected chi connectivity index (χ2v) is 7.52. The van der Waals surface area contributed by atoms with E-state index in [-0.39, 0.29) is 11.3 Å². The van der Waals surface area contributed by atoms with Crippen LogP contribution in [0.3, 0.4) is 0 Å². The monoisotopic (exact) mass is 308 g/mol. The predicted octanol–water partition coefficient (Wildman–Crippen LogP) is 2.14. The highest BCUT2D eigenvalue weighted by molar-refractivity contribution is 5.79. The predicted molar refractivity (Wildman–Crippen MR) is 90.7 cm³/mol. The maximum atomic E-state index is 12.5. The highest BCUT2D eigenvalue weighted by Crippen LogP contribution is 2.18. The van der Waals surface area contributed by atoms with Gasteiger partial charge in [-0.25, -0.2) is 0 Å². The summed E-state index contributed by atoms with van der Waals surface area (Å²) in [4.78, 5) is 14.3. The van der Waals surface area contributed by atoms with Crippen LogP contribution in [-0.4, -0.2) is 40.7 Å². The van der Waals surface area contributed by atoms with Crippen molar-refractivity contribution in [1.82, 2.24) is 14.7 Å². The van der Waals surface area contributed by atoms with Crippen molar-refractivity contribution < 1.29 is 4.79 Å². The molecule has 0 saturated heterocycles. The first-order valence-corrected chi connectivity index (χ1v) is 8.04. The van der Waals surface area contributed by atoms with Gasteiger partial charge >= 0.3 is 0 Å². The Balaban J connectivity index is 2.82. The number of likely N-dealkylation sites (N-methyl/N-ethyl adjacent to an activating group) is 1. The quantitative estimate of drug-likeness (QED) is 0.839. The first-order chi connectivity index (χ1) is 10.1. The lowest BCUT2D eigenvalue weighted by atomic mass is 9.93. The zero-order valence-corrected chi connectivity index (χ0v) is 15.2. The molecule has 1 heterocycles. The van der Waals surface area contributed by atoms with Crippen LogP contribution in [0.25, 0.3) is 0 Å². The Morgan fingerprint density at radius 3 is 2.45 bits per heavy atom. The number of hydrogen-bond donors (Lipinski definition) is 1. The van der Waals surface area contributed by atoms with Crippen LogP contribution in [0, 0.1) is 25.2 Å². The van der Waals surface area contributed by atoms with Gasteiger partial charge in [0.15, 0.2) is 0 Å². The number of carbonyl (C=O) groups is 1. The molecule has 0 aromatic carbocycles. The van der Waals surface area contributed by atoms with Crippen LogP contribution < -0.4 is 5.73 Å². The topological polar surface area (TPSA) is 64.2 Å². The minimum absolute atomic E-state index is 0.0592. The molecule has 0 saturated carbocycles. The lowest BCUT2D eigenvalue weighted by molar-refractivity contribution is -0.130. The number of aromatic nitrogens is 2. The van der Waals surface area contributed by atoms with Crippen molar-refractivity contribution in [3.63, 3.8) is 0 Å². The van der Waals surface area contributed by atoms with E-state index in [0.717, 1.165) is 23.5 Å². The molecule has 5 nitrogen and oxygen atoms in total. The summed E-state index contributed by atoms with van der Waals surface area (Å²) < 4.78 is 2.02. The average Bonchev–Trinajstić information content (AvgIpc) is 2.65. The second-order valence-electron chi connectivity index (χ2n) is 7.52. The van der Waals surface area contributed by atoms with E-state index in [0.29, 0.717) is 25.4 Å². The molecule has 22 heavy (non-hydrogen) atoms. The van der Waals surface area contributed by atoms with E-state index in [1.165, 1.54) is 0 Å². The normalized spacial score (nSPS) is 12.0. The van der Waals surface area contributed by atoms with Gasteiger partial charge in [-0.2, -0.15) is 5.10 Å². The highest BCUT2D eigenvalue weighted by Gasteiger charge is 2.23. The summed E-state index contributed by atoms with van der Waals surface area (Å²) in [7, 11) is 1.85. The zero-order valence-electron chi connectivity index (χ0n) is 15.2. The lowest BCUT2D eigenvalue weighted by Crippen LogP contribution is -2.40. The molecule has 2 N–H and O–H groups in total. The Morgan fingerprint density at radius 2 is 1.95 bits per heavy atom. The fourth-order valence-electron chi connectivity index (χ4n) is 2.59. The molecule has 0 aliphatic carbocycles. The largest absolute Gasteiger partial charge is 0.345 e. The molecule has 1 aromatic heterocycles. The van der Waals surface area contributed by atoms with E-state index in [4.69, 9.17) is 5.73 Å². The molecule has 0 aliphatic rings. The van der Waals surface area contributed by atoms with Crippen molar-refractivity contribution in [2.75, 3.05) is 20.1 Å².